The minimum Gasteiger partial charge on any atom is -0.392 e. The van der Waals surface area contributed by atoms with Gasteiger partial charge in [-0.1, -0.05) is 142 Å². The molecule has 0 saturated carbocycles. The first-order valence-corrected chi connectivity index (χ1v) is 17.8. The summed E-state index contributed by atoms with van der Waals surface area (Å²) in [5, 5.41) is 12.9. The van der Waals surface area contributed by atoms with Crippen molar-refractivity contribution in [3.05, 3.63) is 12.2 Å². The fraction of sp³-hybridized carbons (Fsp3) is 0.914. The van der Waals surface area contributed by atoms with Crippen molar-refractivity contribution in [1.29, 1.82) is 0 Å². The van der Waals surface area contributed by atoms with E-state index in [1.54, 1.807) is 6.34 Å². The van der Waals surface area contributed by atoms with Gasteiger partial charge in [0.15, 0.2) is 0 Å². The fourth-order valence-electron chi connectivity index (χ4n) is 5.37. The number of aliphatic hydroxyl groups is 1. The van der Waals surface area contributed by atoms with Gasteiger partial charge in [0.25, 0.3) is 0 Å². The van der Waals surface area contributed by atoms with Gasteiger partial charge >= 0.3 is 0 Å². The van der Waals surface area contributed by atoms with Gasteiger partial charge in [0, 0.05) is 6.54 Å². The van der Waals surface area contributed by atoms with Crippen LogP contribution < -0.4 is 5.32 Å². The minimum atomic E-state index is -0.397. The van der Waals surface area contributed by atoms with Crippen molar-refractivity contribution < 1.29 is 5.11 Å². The van der Waals surface area contributed by atoms with Gasteiger partial charge in [0.1, 0.15) is 0 Å². The van der Waals surface area contributed by atoms with Crippen LogP contribution in [-0.4, -0.2) is 36.0 Å². The first kappa shape index (κ1) is 38.5. The lowest BCUT2D eigenvalue weighted by molar-refractivity contribution is 0.157. The summed E-state index contributed by atoms with van der Waals surface area (Å²) in [6.45, 7) is 8.42. The lowest BCUT2D eigenvalue weighted by Gasteiger charge is -2.24. The Morgan fingerprint density at radius 3 is 1.44 bits per heavy atom. The molecule has 1 aliphatic rings. The maximum Gasteiger partial charge on any atom is 0.0825 e. The molecule has 0 amide bonds. The van der Waals surface area contributed by atoms with Crippen molar-refractivity contribution in [2.45, 2.75) is 186 Å². The van der Waals surface area contributed by atoms with Gasteiger partial charge in [-0.15, -0.1) is 11.6 Å². The maximum absolute atomic E-state index is 10.0. The lowest BCUT2D eigenvalue weighted by Crippen LogP contribution is -2.26. The molecule has 0 radical (unpaired) electrons. The molecule has 4 heteroatoms. The van der Waals surface area contributed by atoms with Gasteiger partial charge < -0.3 is 10.4 Å². The number of allylic oxidation sites excluding steroid dienone is 2. The van der Waals surface area contributed by atoms with Crippen molar-refractivity contribution in [2.24, 2.45) is 10.9 Å². The van der Waals surface area contributed by atoms with Crippen LogP contribution in [0.3, 0.4) is 0 Å². The Bertz CT molecular complexity index is 517. The van der Waals surface area contributed by atoms with Gasteiger partial charge in [0.05, 0.1) is 24.4 Å². The molecule has 39 heavy (non-hydrogen) atoms. The number of nitrogens with zero attached hydrogens (tertiary/aromatic N) is 1. The third-order valence-electron chi connectivity index (χ3n) is 7.99. The molecule has 1 heterocycles. The Labute approximate surface area is 250 Å². The average molecular weight is 569 g/mol. The van der Waals surface area contributed by atoms with E-state index in [2.05, 4.69) is 36.3 Å². The third kappa shape index (κ3) is 28.8. The standard InChI is InChI=1S/C32H63ClO.C3H6N2/c1-4-6-8-10-12-14-16-17-18-19-21-23-25-27-29-31(32(33)30(3)34)28-26-24-22-20-15-13-11-9-7-5-2;1-2-5-3-4-1/h17-18,30-32,34H,4-16,19-29H2,1-3H3;3H,1-2H2,(H,4,5)/b18-17-;. The molecule has 0 aromatic rings. The van der Waals surface area contributed by atoms with Gasteiger partial charge in [0.2, 0.25) is 0 Å². The Kier molecular flexibility index (Phi) is 31.5. The van der Waals surface area contributed by atoms with E-state index in [1.807, 2.05) is 6.92 Å². The minimum absolute atomic E-state index is 0.0801. The molecule has 0 aliphatic carbocycles. The number of nitrogens with one attached hydrogen (secondary N) is 1. The highest BCUT2D eigenvalue weighted by Crippen LogP contribution is 2.27. The Morgan fingerprint density at radius 2 is 1.10 bits per heavy atom. The molecule has 3 unspecified atom stereocenters. The molecule has 1 rings (SSSR count). The Balaban J connectivity index is 0.00000256. The molecule has 0 saturated heterocycles. The lowest BCUT2D eigenvalue weighted by atomic mass is 9.89. The van der Waals surface area contributed by atoms with E-state index >= 15 is 0 Å². The highest BCUT2D eigenvalue weighted by atomic mass is 35.5. The van der Waals surface area contributed by atoms with Gasteiger partial charge in [-0.2, -0.15) is 0 Å². The largest absolute Gasteiger partial charge is 0.392 e. The van der Waals surface area contributed by atoms with Crippen molar-refractivity contribution in [3.8, 4) is 0 Å². The normalized spacial score (nSPS) is 15.2. The van der Waals surface area contributed by atoms with Gasteiger partial charge in [-0.3, -0.25) is 4.99 Å². The quantitative estimate of drug-likeness (QED) is 0.0587. The van der Waals surface area contributed by atoms with Gasteiger partial charge in [-0.25, -0.2) is 0 Å². The van der Waals surface area contributed by atoms with Crippen LogP contribution in [0.2, 0.25) is 0 Å². The zero-order valence-corrected chi connectivity index (χ0v) is 27.4. The first-order valence-electron chi connectivity index (χ1n) is 17.3. The van der Waals surface area contributed by atoms with Crippen LogP contribution in [-0.2, 0) is 0 Å². The van der Waals surface area contributed by atoms with Crippen LogP contribution in [0.5, 0.6) is 0 Å². The average Bonchev–Trinajstić information content (AvgIpc) is 3.53. The van der Waals surface area contributed by atoms with Crippen molar-refractivity contribution in [1.82, 2.24) is 5.32 Å². The maximum atomic E-state index is 10.0. The predicted molar refractivity (Wildman–Crippen MR) is 177 cm³/mol. The first-order chi connectivity index (χ1) is 19.1. The second-order valence-corrected chi connectivity index (χ2v) is 12.4. The van der Waals surface area contributed by atoms with Crippen LogP contribution in [0.15, 0.2) is 17.1 Å². The number of halogens is 1. The molecule has 0 aromatic carbocycles. The SMILES string of the molecule is C1=NCCN1.CCCCCCCC/C=C\CCCCCCC(CCCCCCCCCCCC)C(Cl)C(C)O. The number of aliphatic hydroxyl groups excluding tert-OH is 1. The summed E-state index contributed by atoms with van der Waals surface area (Å²) >= 11 is 6.60. The summed E-state index contributed by atoms with van der Waals surface area (Å²) in [5.74, 6) is 0.480. The number of alkyl halides is 1. The summed E-state index contributed by atoms with van der Waals surface area (Å²) in [5.41, 5.74) is 0. The number of hydrogen-bond donors (Lipinski definition) is 2. The van der Waals surface area contributed by atoms with Crippen molar-refractivity contribution >= 4 is 17.9 Å². The van der Waals surface area contributed by atoms with E-state index in [0.717, 1.165) is 13.1 Å². The number of rotatable bonds is 27. The Hall–Kier alpha value is -0.540. The van der Waals surface area contributed by atoms with E-state index in [4.69, 9.17) is 11.6 Å². The van der Waals surface area contributed by atoms with Crippen LogP contribution in [0, 0.1) is 5.92 Å². The molecule has 2 N–H and O–H groups in total. The highest BCUT2D eigenvalue weighted by Gasteiger charge is 2.22. The van der Waals surface area contributed by atoms with E-state index in [0.29, 0.717) is 5.92 Å². The Morgan fingerprint density at radius 1 is 0.692 bits per heavy atom. The van der Waals surface area contributed by atoms with Crippen LogP contribution in [0.25, 0.3) is 0 Å². The van der Waals surface area contributed by atoms with E-state index < -0.39 is 6.10 Å². The summed E-state index contributed by atoms with van der Waals surface area (Å²) in [6, 6.07) is 0. The molecule has 232 valence electrons. The summed E-state index contributed by atoms with van der Waals surface area (Å²) in [4.78, 5) is 3.85. The van der Waals surface area contributed by atoms with Crippen LogP contribution in [0.1, 0.15) is 175 Å². The fourth-order valence-corrected chi connectivity index (χ4v) is 5.63. The van der Waals surface area contributed by atoms with E-state index in [-0.39, 0.29) is 5.38 Å². The van der Waals surface area contributed by atoms with Crippen molar-refractivity contribution in [3.63, 3.8) is 0 Å². The second-order valence-electron chi connectivity index (χ2n) is 11.9. The molecule has 0 aromatic heterocycles. The van der Waals surface area contributed by atoms with Crippen LogP contribution >= 0.6 is 11.6 Å². The monoisotopic (exact) mass is 569 g/mol. The van der Waals surface area contributed by atoms with Crippen LogP contribution in [0.4, 0.5) is 0 Å². The smallest absolute Gasteiger partial charge is 0.0825 e. The molecular formula is C35H69ClN2O. The number of hydrogen-bond acceptors (Lipinski definition) is 3. The summed E-state index contributed by atoms with van der Waals surface area (Å²) in [7, 11) is 0. The van der Waals surface area contributed by atoms with Crippen molar-refractivity contribution in [2.75, 3.05) is 13.1 Å². The molecule has 0 spiro atoms. The van der Waals surface area contributed by atoms with E-state index in [1.165, 1.54) is 154 Å². The molecule has 1 aliphatic heterocycles. The van der Waals surface area contributed by atoms with E-state index in [9.17, 15) is 5.11 Å². The summed E-state index contributed by atoms with van der Waals surface area (Å²) in [6.07, 6.45) is 38.4. The molecule has 3 nitrogen and oxygen atoms in total. The topological polar surface area (TPSA) is 44.6 Å². The second kappa shape index (κ2) is 32.0. The zero-order valence-electron chi connectivity index (χ0n) is 26.6. The van der Waals surface area contributed by atoms with Gasteiger partial charge in [-0.05, 0) is 51.4 Å². The predicted octanol–water partition coefficient (Wildman–Crippen LogP) is 11.2. The molecular weight excluding hydrogens is 500 g/mol. The highest BCUT2D eigenvalue weighted by molar-refractivity contribution is 6.21. The zero-order chi connectivity index (χ0) is 28.7. The molecule has 3 atom stereocenters. The summed E-state index contributed by atoms with van der Waals surface area (Å²) < 4.78 is 0. The third-order valence-corrected chi connectivity index (χ3v) is 8.72. The molecule has 0 fully saturated rings. The number of aliphatic imine (C=N–C) groups is 1. The molecule has 0 bridgehead atoms. The number of unbranched alkanes of at least 4 members (excludes halogenated alkanes) is 19.